The quantitative estimate of drug-likeness (QED) is 0.762. The standard InChI is InChI=1S/C16H23N3O3/c1-11-9-12(7-8-18-11)16(21)19-13-3-5-14(6-4-13)22-10-15(20)17-2/h3-6,11-12,18H,7-10H2,1-2H3,(H,17,20)(H,19,21)/t11-,12-/m0/s1. The van der Waals surface area contributed by atoms with Gasteiger partial charge in [0, 0.05) is 24.7 Å². The van der Waals surface area contributed by atoms with Gasteiger partial charge in [-0.25, -0.2) is 0 Å². The van der Waals surface area contributed by atoms with Gasteiger partial charge in [0.2, 0.25) is 5.91 Å². The van der Waals surface area contributed by atoms with Gasteiger partial charge in [0.25, 0.3) is 5.91 Å². The number of ether oxygens (including phenoxy) is 1. The number of benzene rings is 1. The molecule has 0 bridgehead atoms. The number of hydrogen-bond donors (Lipinski definition) is 3. The molecule has 2 atom stereocenters. The summed E-state index contributed by atoms with van der Waals surface area (Å²) in [6, 6.07) is 7.42. The number of hydrogen-bond acceptors (Lipinski definition) is 4. The highest BCUT2D eigenvalue weighted by atomic mass is 16.5. The predicted octanol–water partition coefficient (Wildman–Crippen LogP) is 1.14. The van der Waals surface area contributed by atoms with Crippen molar-refractivity contribution in [3.63, 3.8) is 0 Å². The Labute approximate surface area is 130 Å². The molecule has 3 N–H and O–H groups in total. The Bertz CT molecular complexity index is 516. The zero-order valence-corrected chi connectivity index (χ0v) is 13.0. The minimum Gasteiger partial charge on any atom is -0.484 e. The molecule has 2 rings (SSSR count). The van der Waals surface area contributed by atoms with Crippen molar-refractivity contribution in [1.82, 2.24) is 10.6 Å². The van der Waals surface area contributed by atoms with Gasteiger partial charge >= 0.3 is 0 Å². The van der Waals surface area contributed by atoms with Crippen LogP contribution in [0.2, 0.25) is 0 Å². The lowest BCUT2D eigenvalue weighted by atomic mass is 9.92. The van der Waals surface area contributed by atoms with E-state index in [-0.39, 0.29) is 24.3 Å². The van der Waals surface area contributed by atoms with Gasteiger partial charge in [-0.15, -0.1) is 0 Å². The third kappa shape index (κ3) is 4.73. The van der Waals surface area contributed by atoms with E-state index in [2.05, 4.69) is 22.9 Å². The van der Waals surface area contributed by atoms with Gasteiger partial charge in [0.15, 0.2) is 6.61 Å². The number of piperidine rings is 1. The number of likely N-dealkylation sites (N-methyl/N-ethyl adjacent to an activating group) is 1. The molecule has 0 spiro atoms. The van der Waals surface area contributed by atoms with Crippen LogP contribution in [0.15, 0.2) is 24.3 Å². The first kappa shape index (κ1) is 16.3. The average molecular weight is 305 g/mol. The Morgan fingerprint density at radius 2 is 2.05 bits per heavy atom. The van der Waals surface area contributed by atoms with Crippen molar-refractivity contribution >= 4 is 17.5 Å². The van der Waals surface area contributed by atoms with Crippen molar-refractivity contribution in [2.75, 3.05) is 25.5 Å². The summed E-state index contributed by atoms with van der Waals surface area (Å²) >= 11 is 0. The van der Waals surface area contributed by atoms with Gasteiger partial charge in [-0.2, -0.15) is 0 Å². The average Bonchev–Trinajstić information content (AvgIpc) is 2.53. The molecular weight excluding hydrogens is 282 g/mol. The fourth-order valence-corrected chi connectivity index (χ4v) is 2.47. The third-order valence-corrected chi connectivity index (χ3v) is 3.77. The van der Waals surface area contributed by atoms with Crippen LogP contribution >= 0.6 is 0 Å². The molecule has 6 nitrogen and oxygen atoms in total. The summed E-state index contributed by atoms with van der Waals surface area (Å²) in [6.07, 6.45) is 1.72. The van der Waals surface area contributed by atoms with Crippen molar-refractivity contribution in [2.45, 2.75) is 25.8 Å². The van der Waals surface area contributed by atoms with Crippen LogP contribution in [0.4, 0.5) is 5.69 Å². The second kappa shape index (κ2) is 7.79. The molecular formula is C16H23N3O3. The van der Waals surface area contributed by atoms with Crippen LogP contribution in [0.1, 0.15) is 19.8 Å². The van der Waals surface area contributed by atoms with Crippen LogP contribution in [0.5, 0.6) is 5.75 Å². The van der Waals surface area contributed by atoms with Gasteiger partial charge in [0.1, 0.15) is 5.75 Å². The topological polar surface area (TPSA) is 79.5 Å². The molecule has 6 heteroatoms. The van der Waals surface area contributed by atoms with Crippen molar-refractivity contribution in [1.29, 1.82) is 0 Å². The fraction of sp³-hybridized carbons (Fsp3) is 0.500. The van der Waals surface area contributed by atoms with Gasteiger partial charge in [0.05, 0.1) is 0 Å². The molecule has 1 saturated heterocycles. The SMILES string of the molecule is CNC(=O)COc1ccc(NC(=O)[C@H]2CCN[C@@H](C)C2)cc1. The lowest BCUT2D eigenvalue weighted by Gasteiger charge is -2.27. The highest BCUT2D eigenvalue weighted by molar-refractivity contribution is 5.92. The van der Waals surface area contributed by atoms with E-state index < -0.39 is 0 Å². The summed E-state index contributed by atoms with van der Waals surface area (Å²) in [7, 11) is 1.56. The molecule has 1 aliphatic heterocycles. The van der Waals surface area contributed by atoms with Crippen molar-refractivity contribution in [3.8, 4) is 5.75 Å². The predicted molar refractivity (Wildman–Crippen MR) is 84.8 cm³/mol. The minimum atomic E-state index is -0.183. The lowest BCUT2D eigenvalue weighted by molar-refractivity contribution is -0.122. The molecule has 2 amide bonds. The molecule has 1 aliphatic rings. The number of amides is 2. The monoisotopic (exact) mass is 305 g/mol. The largest absolute Gasteiger partial charge is 0.484 e. The molecule has 0 saturated carbocycles. The smallest absolute Gasteiger partial charge is 0.257 e. The Kier molecular flexibility index (Phi) is 5.77. The Morgan fingerprint density at radius 1 is 1.32 bits per heavy atom. The summed E-state index contributed by atoms with van der Waals surface area (Å²) in [4.78, 5) is 23.3. The zero-order chi connectivity index (χ0) is 15.9. The van der Waals surface area contributed by atoms with E-state index in [1.165, 1.54) is 0 Å². The first-order valence-electron chi connectivity index (χ1n) is 7.56. The van der Waals surface area contributed by atoms with Crippen molar-refractivity contribution in [2.24, 2.45) is 5.92 Å². The lowest BCUT2D eigenvalue weighted by Crippen LogP contribution is -2.40. The molecule has 0 aliphatic carbocycles. The molecule has 0 unspecified atom stereocenters. The van der Waals surface area contributed by atoms with E-state index >= 15 is 0 Å². The molecule has 1 aromatic rings. The number of anilines is 1. The first-order valence-corrected chi connectivity index (χ1v) is 7.56. The first-order chi connectivity index (χ1) is 10.6. The Morgan fingerprint density at radius 3 is 2.68 bits per heavy atom. The van der Waals surface area contributed by atoms with Crippen molar-refractivity contribution in [3.05, 3.63) is 24.3 Å². The molecule has 1 heterocycles. The summed E-state index contributed by atoms with van der Waals surface area (Å²) in [5, 5.41) is 8.76. The molecule has 22 heavy (non-hydrogen) atoms. The van der Waals surface area contributed by atoms with E-state index in [0.717, 1.165) is 25.1 Å². The number of rotatable bonds is 5. The summed E-state index contributed by atoms with van der Waals surface area (Å²) in [6.45, 7) is 2.96. The van der Waals surface area contributed by atoms with Gasteiger partial charge in [-0.3, -0.25) is 9.59 Å². The zero-order valence-electron chi connectivity index (χ0n) is 13.0. The molecule has 0 aromatic heterocycles. The molecule has 1 fully saturated rings. The second-order valence-electron chi connectivity index (χ2n) is 5.55. The third-order valence-electron chi connectivity index (χ3n) is 3.77. The highest BCUT2D eigenvalue weighted by Crippen LogP contribution is 2.20. The highest BCUT2D eigenvalue weighted by Gasteiger charge is 2.24. The van der Waals surface area contributed by atoms with Crippen LogP contribution in [0, 0.1) is 5.92 Å². The van der Waals surface area contributed by atoms with Crippen LogP contribution in [-0.4, -0.2) is 38.1 Å². The fourth-order valence-electron chi connectivity index (χ4n) is 2.47. The maximum atomic E-state index is 12.2. The van der Waals surface area contributed by atoms with E-state index in [9.17, 15) is 9.59 Å². The van der Waals surface area contributed by atoms with E-state index in [4.69, 9.17) is 4.74 Å². The van der Waals surface area contributed by atoms with Crippen LogP contribution < -0.4 is 20.7 Å². The van der Waals surface area contributed by atoms with E-state index in [1.807, 2.05) is 0 Å². The van der Waals surface area contributed by atoms with Gasteiger partial charge < -0.3 is 20.7 Å². The van der Waals surface area contributed by atoms with Crippen molar-refractivity contribution < 1.29 is 14.3 Å². The number of carbonyl (C=O) groups is 2. The maximum Gasteiger partial charge on any atom is 0.257 e. The number of carbonyl (C=O) groups excluding carboxylic acids is 2. The van der Waals surface area contributed by atoms with Crippen LogP contribution in [-0.2, 0) is 9.59 Å². The maximum absolute atomic E-state index is 12.2. The summed E-state index contributed by atoms with van der Waals surface area (Å²) < 4.78 is 5.32. The molecule has 0 radical (unpaired) electrons. The second-order valence-corrected chi connectivity index (χ2v) is 5.55. The summed E-state index contributed by atoms with van der Waals surface area (Å²) in [5.74, 6) is 0.530. The van der Waals surface area contributed by atoms with E-state index in [1.54, 1.807) is 31.3 Å². The van der Waals surface area contributed by atoms with E-state index in [0.29, 0.717) is 11.8 Å². The Balaban J connectivity index is 1.85. The summed E-state index contributed by atoms with van der Waals surface area (Å²) in [5.41, 5.74) is 0.739. The van der Waals surface area contributed by atoms with Gasteiger partial charge in [-0.05, 0) is 50.6 Å². The van der Waals surface area contributed by atoms with Gasteiger partial charge in [-0.1, -0.05) is 0 Å². The Hall–Kier alpha value is -2.08. The molecule has 1 aromatic carbocycles. The normalized spacial score (nSPS) is 21.0. The molecule has 120 valence electrons. The minimum absolute atomic E-state index is 0.0187. The number of nitrogens with one attached hydrogen (secondary N) is 3. The van der Waals surface area contributed by atoms with Crippen LogP contribution in [0.3, 0.4) is 0 Å². The van der Waals surface area contributed by atoms with Crippen LogP contribution in [0.25, 0.3) is 0 Å².